The molecule has 1 aromatic heterocycles. The molecular formula is C21H24N2O2. The number of nitrogens with one attached hydrogen (secondary N) is 1. The molecule has 3 N–H and O–H groups in total. The van der Waals surface area contributed by atoms with Crippen LogP contribution in [0.3, 0.4) is 0 Å². The molecule has 3 aromatic rings. The molecule has 2 aromatic carbocycles. The van der Waals surface area contributed by atoms with Crippen molar-refractivity contribution in [3.8, 4) is 22.8 Å². The van der Waals surface area contributed by atoms with E-state index in [0.29, 0.717) is 6.79 Å². The fraction of sp³-hybridized carbons (Fsp3) is 0.333. The van der Waals surface area contributed by atoms with Crippen LogP contribution < -0.4 is 15.2 Å². The van der Waals surface area contributed by atoms with Gasteiger partial charge in [-0.2, -0.15) is 0 Å². The van der Waals surface area contributed by atoms with E-state index in [9.17, 15) is 0 Å². The number of hydrogen-bond acceptors (Lipinski definition) is 3. The van der Waals surface area contributed by atoms with Crippen LogP contribution in [0.4, 0.5) is 0 Å². The van der Waals surface area contributed by atoms with Crippen LogP contribution in [0.2, 0.25) is 0 Å². The Morgan fingerprint density at radius 3 is 2.76 bits per heavy atom. The summed E-state index contributed by atoms with van der Waals surface area (Å²) in [5, 5.41) is 1.32. The van der Waals surface area contributed by atoms with Crippen molar-refractivity contribution < 1.29 is 9.47 Å². The quantitative estimate of drug-likeness (QED) is 0.656. The van der Waals surface area contributed by atoms with Gasteiger partial charge in [-0.05, 0) is 73.7 Å². The van der Waals surface area contributed by atoms with Crippen molar-refractivity contribution in [3.63, 3.8) is 0 Å². The highest BCUT2D eigenvalue weighted by molar-refractivity contribution is 5.91. The van der Waals surface area contributed by atoms with Crippen LogP contribution in [-0.4, -0.2) is 18.3 Å². The first-order chi connectivity index (χ1) is 12.3. The average Bonchev–Trinajstić information content (AvgIpc) is 3.25. The molecule has 0 saturated heterocycles. The Morgan fingerprint density at radius 2 is 1.92 bits per heavy atom. The first kappa shape index (κ1) is 16.0. The van der Waals surface area contributed by atoms with Gasteiger partial charge in [-0.25, -0.2) is 0 Å². The van der Waals surface area contributed by atoms with Crippen molar-refractivity contribution in [1.82, 2.24) is 4.98 Å². The van der Waals surface area contributed by atoms with Crippen LogP contribution in [0.15, 0.2) is 36.4 Å². The Morgan fingerprint density at radius 1 is 1.04 bits per heavy atom. The van der Waals surface area contributed by atoms with Gasteiger partial charge in [0.05, 0.1) is 0 Å². The topological polar surface area (TPSA) is 60.3 Å². The van der Waals surface area contributed by atoms with E-state index in [1.165, 1.54) is 27.7 Å². The van der Waals surface area contributed by atoms with Crippen molar-refractivity contribution in [2.45, 2.75) is 32.6 Å². The maximum atomic E-state index is 5.70. The van der Waals surface area contributed by atoms with Crippen LogP contribution in [0.5, 0.6) is 11.5 Å². The lowest BCUT2D eigenvalue weighted by molar-refractivity contribution is 0.174. The first-order valence-corrected chi connectivity index (χ1v) is 9.03. The van der Waals surface area contributed by atoms with Crippen molar-refractivity contribution in [3.05, 3.63) is 47.5 Å². The number of ether oxygens (including phenoxy) is 2. The third-order valence-corrected chi connectivity index (χ3v) is 4.92. The van der Waals surface area contributed by atoms with Gasteiger partial charge < -0.3 is 20.2 Å². The molecule has 0 aliphatic carbocycles. The van der Waals surface area contributed by atoms with Gasteiger partial charge in [0.1, 0.15) is 0 Å². The Kier molecular flexibility index (Phi) is 4.36. The highest BCUT2D eigenvalue weighted by Crippen LogP contribution is 2.38. The summed E-state index contributed by atoms with van der Waals surface area (Å²) >= 11 is 0. The van der Waals surface area contributed by atoms with Crippen LogP contribution in [0.25, 0.3) is 22.2 Å². The number of H-pyrrole nitrogens is 1. The highest BCUT2D eigenvalue weighted by atomic mass is 16.7. The summed E-state index contributed by atoms with van der Waals surface area (Å²) in [6.07, 6.45) is 4.20. The average molecular weight is 336 g/mol. The van der Waals surface area contributed by atoms with E-state index in [2.05, 4.69) is 42.2 Å². The number of rotatable bonds is 6. The lowest BCUT2D eigenvalue weighted by atomic mass is 9.98. The molecule has 0 unspecified atom stereocenters. The minimum atomic E-state index is 0.300. The predicted octanol–water partition coefficient (Wildman–Crippen LogP) is 4.41. The molecule has 4 heteroatoms. The summed E-state index contributed by atoms with van der Waals surface area (Å²) in [6, 6.07) is 12.9. The van der Waals surface area contributed by atoms with Gasteiger partial charge in [0.25, 0.3) is 0 Å². The standard InChI is InChI=1S/C21H24N2O2/c1-2-14-6-8-18-17(11-14)16(5-3-4-10-22)21(23-18)15-7-9-19-20(12-15)25-13-24-19/h6-9,11-12,23H,2-5,10,13,22H2,1H3. The van der Waals surface area contributed by atoms with Crippen LogP contribution in [0, 0.1) is 0 Å². The molecule has 4 nitrogen and oxygen atoms in total. The summed E-state index contributed by atoms with van der Waals surface area (Å²) in [5.74, 6) is 1.64. The highest BCUT2D eigenvalue weighted by Gasteiger charge is 2.18. The van der Waals surface area contributed by atoms with Crippen molar-refractivity contribution in [1.29, 1.82) is 0 Å². The van der Waals surface area contributed by atoms with Gasteiger partial charge in [-0.15, -0.1) is 0 Å². The van der Waals surface area contributed by atoms with E-state index >= 15 is 0 Å². The lowest BCUT2D eigenvalue weighted by Gasteiger charge is -2.07. The second-order valence-corrected chi connectivity index (χ2v) is 6.53. The van der Waals surface area contributed by atoms with Gasteiger partial charge in [-0.1, -0.05) is 13.0 Å². The number of hydrogen-bond donors (Lipinski definition) is 2. The summed E-state index contributed by atoms with van der Waals surface area (Å²) in [7, 11) is 0. The third-order valence-electron chi connectivity index (χ3n) is 4.92. The zero-order valence-corrected chi connectivity index (χ0v) is 14.6. The summed E-state index contributed by atoms with van der Waals surface area (Å²) < 4.78 is 11.0. The normalized spacial score (nSPS) is 12.9. The molecule has 0 amide bonds. The van der Waals surface area contributed by atoms with E-state index in [0.717, 1.165) is 49.3 Å². The SMILES string of the molecule is CCc1ccc2[nH]c(-c3ccc4c(c3)OCO4)c(CCCCN)c2c1. The number of aromatic amines is 1. The number of fused-ring (bicyclic) bond motifs is 2. The molecule has 130 valence electrons. The number of aryl methyl sites for hydroxylation is 2. The number of nitrogens with two attached hydrogens (primary N) is 1. The number of aromatic nitrogens is 1. The van der Waals surface area contributed by atoms with E-state index in [4.69, 9.17) is 15.2 Å². The molecule has 2 heterocycles. The molecule has 0 spiro atoms. The minimum absolute atomic E-state index is 0.300. The predicted molar refractivity (Wildman–Crippen MR) is 101 cm³/mol. The molecule has 25 heavy (non-hydrogen) atoms. The van der Waals surface area contributed by atoms with E-state index in [-0.39, 0.29) is 0 Å². The maximum absolute atomic E-state index is 5.70. The third kappa shape index (κ3) is 2.98. The van der Waals surface area contributed by atoms with Gasteiger partial charge >= 0.3 is 0 Å². The van der Waals surface area contributed by atoms with E-state index < -0.39 is 0 Å². The van der Waals surface area contributed by atoms with E-state index in [1.807, 2.05) is 6.07 Å². The molecule has 0 fully saturated rings. The largest absolute Gasteiger partial charge is 0.454 e. The lowest BCUT2D eigenvalue weighted by Crippen LogP contribution is -1.99. The summed E-state index contributed by atoms with van der Waals surface area (Å²) in [4.78, 5) is 3.62. The van der Waals surface area contributed by atoms with Crippen LogP contribution in [0.1, 0.15) is 30.9 Å². The van der Waals surface area contributed by atoms with Gasteiger partial charge in [-0.3, -0.25) is 0 Å². The molecule has 0 atom stereocenters. The zero-order chi connectivity index (χ0) is 17.2. The fourth-order valence-electron chi connectivity index (χ4n) is 3.52. The first-order valence-electron chi connectivity index (χ1n) is 9.03. The van der Waals surface area contributed by atoms with Crippen molar-refractivity contribution >= 4 is 10.9 Å². The van der Waals surface area contributed by atoms with Gasteiger partial charge in [0.15, 0.2) is 11.5 Å². The molecule has 0 bridgehead atoms. The van der Waals surface area contributed by atoms with E-state index in [1.54, 1.807) is 0 Å². The number of unbranched alkanes of at least 4 members (excludes halogenated alkanes) is 1. The molecule has 4 rings (SSSR count). The maximum Gasteiger partial charge on any atom is 0.231 e. The summed E-state index contributed by atoms with van der Waals surface area (Å²) in [5.41, 5.74) is 11.9. The molecule has 1 aliphatic rings. The molecule has 1 aliphatic heterocycles. The van der Waals surface area contributed by atoms with Gasteiger partial charge in [0.2, 0.25) is 6.79 Å². The monoisotopic (exact) mass is 336 g/mol. The second-order valence-electron chi connectivity index (χ2n) is 6.53. The Balaban J connectivity index is 1.82. The Hall–Kier alpha value is -2.46. The minimum Gasteiger partial charge on any atom is -0.454 e. The van der Waals surface area contributed by atoms with Crippen LogP contribution >= 0.6 is 0 Å². The van der Waals surface area contributed by atoms with Crippen molar-refractivity contribution in [2.24, 2.45) is 5.73 Å². The fourth-order valence-corrected chi connectivity index (χ4v) is 3.52. The summed E-state index contributed by atoms with van der Waals surface area (Å²) in [6.45, 7) is 3.23. The van der Waals surface area contributed by atoms with Gasteiger partial charge in [0, 0.05) is 22.2 Å². The van der Waals surface area contributed by atoms with Crippen molar-refractivity contribution in [2.75, 3.05) is 13.3 Å². The van der Waals surface area contributed by atoms with Crippen LogP contribution in [-0.2, 0) is 12.8 Å². The number of benzene rings is 2. The molecule has 0 saturated carbocycles. The zero-order valence-electron chi connectivity index (χ0n) is 14.6. The Bertz CT molecular complexity index is 898. The second kappa shape index (κ2) is 6.81. The molecular weight excluding hydrogens is 312 g/mol. The molecule has 0 radical (unpaired) electrons. The Labute approximate surface area is 147 Å². The smallest absolute Gasteiger partial charge is 0.231 e.